The van der Waals surface area contributed by atoms with Crippen LogP contribution in [0.3, 0.4) is 0 Å². The number of methoxy groups -OCH3 is 1. The number of guanidine groups is 1. The van der Waals surface area contributed by atoms with Crippen LogP contribution in [0.4, 0.5) is 15.8 Å². The summed E-state index contributed by atoms with van der Waals surface area (Å²) in [5, 5.41) is 3.00. The van der Waals surface area contributed by atoms with Gasteiger partial charge in [-0.05, 0) is 68.1 Å². The van der Waals surface area contributed by atoms with Gasteiger partial charge < -0.3 is 15.0 Å². The first-order valence-electron chi connectivity index (χ1n) is 10.3. The fraction of sp³-hybridized carbons (Fsp3) is 0.409. The van der Waals surface area contributed by atoms with Crippen molar-refractivity contribution in [1.82, 2.24) is 4.72 Å². The minimum atomic E-state index is -3.60. The van der Waals surface area contributed by atoms with Gasteiger partial charge in [-0.3, -0.25) is 4.72 Å². The molecule has 1 unspecified atom stereocenters. The summed E-state index contributed by atoms with van der Waals surface area (Å²) in [6.07, 6.45) is 2.83. The molecule has 174 valence electrons. The maximum Gasteiger partial charge on any atom is 0.232 e. The second-order valence-electron chi connectivity index (χ2n) is 7.86. The summed E-state index contributed by atoms with van der Waals surface area (Å²) in [6, 6.07) is 11.9. The highest BCUT2D eigenvalue weighted by Crippen LogP contribution is 2.28. The van der Waals surface area contributed by atoms with E-state index >= 15 is 0 Å². The Balaban J connectivity index is 1.68. The van der Waals surface area contributed by atoms with Gasteiger partial charge in [0.25, 0.3) is 0 Å². The molecule has 0 bridgehead atoms. The van der Waals surface area contributed by atoms with Crippen LogP contribution in [0, 0.1) is 11.7 Å². The predicted molar refractivity (Wildman–Crippen MR) is 128 cm³/mol. The number of sulfonamides is 1. The lowest BCUT2D eigenvalue weighted by molar-refractivity contribution is 0.355. The van der Waals surface area contributed by atoms with Crippen LogP contribution in [-0.4, -0.2) is 46.9 Å². The fourth-order valence-corrected chi connectivity index (χ4v) is 4.33. The highest BCUT2D eigenvalue weighted by atomic mass is 35.5. The molecule has 1 fully saturated rings. The van der Waals surface area contributed by atoms with Crippen molar-refractivity contribution in [3.8, 4) is 5.75 Å². The molecule has 7 nitrogen and oxygen atoms in total. The Morgan fingerprint density at radius 3 is 2.44 bits per heavy atom. The SMILES string of the molecule is COc1ccc(N2CCC(C(C)N=C(Nc3ccc(Cl)cc3F)NS(C)(=O)=O)CC2)cc1. The van der Waals surface area contributed by atoms with E-state index in [0.717, 1.165) is 49.7 Å². The molecule has 0 radical (unpaired) electrons. The molecule has 0 amide bonds. The number of anilines is 2. The molecular formula is C22H28ClFN4O3S. The number of aliphatic imine (C=N–C) groups is 1. The maximum absolute atomic E-state index is 14.2. The summed E-state index contributed by atoms with van der Waals surface area (Å²) in [4.78, 5) is 6.85. The van der Waals surface area contributed by atoms with Crippen molar-refractivity contribution in [1.29, 1.82) is 0 Å². The monoisotopic (exact) mass is 482 g/mol. The molecule has 32 heavy (non-hydrogen) atoms. The Morgan fingerprint density at radius 1 is 1.22 bits per heavy atom. The van der Waals surface area contributed by atoms with E-state index in [9.17, 15) is 12.8 Å². The van der Waals surface area contributed by atoms with Gasteiger partial charge in [-0.2, -0.15) is 0 Å². The van der Waals surface area contributed by atoms with E-state index in [1.807, 2.05) is 31.2 Å². The first kappa shape index (κ1) is 24.1. The average molecular weight is 483 g/mol. The molecule has 10 heteroatoms. The lowest BCUT2D eigenvalue weighted by atomic mass is 9.90. The number of halogens is 2. The van der Waals surface area contributed by atoms with Crippen molar-refractivity contribution in [2.75, 3.05) is 36.7 Å². The molecule has 1 aliphatic rings. The first-order valence-corrected chi connectivity index (χ1v) is 12.6. The van der Waals surface area contributed by atoms with Crippen molar-refractivity contribution >= 4 is 39.0 Å². The van der Waals surface area contributed by atoms with Gasteiger partial charge in [0.15, 0.2) is 0 Å². The van der Waals surface area contributed by atoms with E-state index in [1.54, 1.807) is 7.11 Å². The molecule has 2 aromatic rings. The summed E-state index contributed by atoms with van der Waals surface area (Å²) in [6.45, 7) is 3.67. The number of ether oxygens (including phenoxy) is 1. The Kier molecular flexibility index (Phi) is 7.84. The smallest absolute Gasteiger partial charge is 0.232 e. The van der Waals surface area contributed by atoms with Gasteiger partial charge in [0.2, 0.25) is 16.0 Å². The van der Waals surface area contributed by atoms with Crippen molar-refractivity contribution in [2.45, 2.75) is 25.8 Å². The Bertz CT molecular complexity index is 1060. The van der Waals surface area contributed by atoms with Crippen LogP contribution in [0.2, 0.25) is 5.02 Å². The highest BCUT2D eigenvalue weighted by molar-refractivity contribution is 7.89. The summed E-state index contributed by atoms with van der Waals surface area (Å²) in [5.74, 6) is 0.472. The quantitative estimate of drug-likeness (QED) is 0.478. The Morgan fingerprint density at radius 2 is 1.88 bits per heavy atom. The second kappa shape index (κ2) is 10.4. The zero-order valence-corrected chi connectivity index (χ0v) is 19.9. The lowest BCUT2D eigenvalue weighted by Crippen LogP contribution is -2.39. The van der Waals surface area contributed by atoms with E-state index in [-0.39, 0.29) is 28.6 Å². The van der Waals surface area contributed by atoms with Gasteiger partial charge in [0.1, 0.15) is 11.6 Å². The topological polar surface area (TPSA) is 83.0 Å². The Hall–Kier alpha value is -2.52. The minimum absolute atomic E-state index is 0.0150. The lowest BCUT2D eigenvalue weighted by Gasteiger charge is -2.35. The molecule has 1 atom stereocenters. The molecule has 0 saturated carbocycles. The molecule has 3 rings (SSSR count). The molecule has 2 aromatic carbocycles. The summed E-state index contributed by atoms with van der Waals surface area (Å²) >= 11 is 5.80. The van der Waals surface area contributed by atoms with Crippen molar-refractivity contribution < 1.29 is 17.5 Å². The third-order valence-electron chi connectivity index (χ3n) is 5.46. The van der Waals surface area contributed by atoms with Gasteiger partial charge in [-0.1, -0.05) is 11.6 Å². The minimum Gasteiger partial charge on any atom is -0.497 e. The van der Waals surface area contributed by atoms with Crippen LogP contribution in [0.25, 0.3) is 0 Å². The molecule has 0 aromatic heterocycles. The zero-order chi connectivity index (χ0) is 23.3. The number of hydrogen-bond acceptors (Lipinski definition) is 5. The van der Waals surface area contributed by atoms with E-state index in [1.165, 1.54) is 12.1 Å². The van der Waals surface area contributed by atoms with Crippen molar-refractivity contribution in [2.24, 2.45) is 10.9 Å². The molecule has 0 aliphatic carbocycles. The number of rotatable bonds is 6. The highest BCUT2D eigenvalue weighted by Gasteiger charge is 2.25. The average Bonchev–Trinajstić information content (AvgIpc) is 2.74. The van der Waals surface area contributed by atoms with Crippen LogP contribution in [0.15, 0.2) is 47.5 Å². The number of nitrogens with one attached hydrogen (secondary N) is 2. The van der Waals surface area contributed by atoms with Crippen LogP contribution < -0.4 is 19.7 Å². The van der Waals surface area contributed by atoms with E-state index in [2.05, 4.69) is 19.9 Å². The van der Waals surface area contributed by atoms with Crippen molar-refractivity contribution in [3.63, 3.8) is 0 Å². The summed E-state index contributed by atoms with van der Waals surface area (Å²) in [7, 11) is -1.96. The number of piperidine rings is 1. The standard InChI is InChI=1S/C22H28ClFN4O3S/c1-15(16-10-12-28(13-11-16)18-5-7-19(31-2)8-6-18)25-22(27-32(3,29)30)26-21-9-4-17(23)14-20(21)24/h4-9,14-16H,10-13H2,1-3H3,(H2,25,26,27). The van der Waals surface area contributed by atoms with Crippen molar-refractivity contribution in [3.05, 3.63) is 53.3 Å². The third kappa shape index (κ3) is 6.74. The van der Waals surface area contributed by atoms with Gasteiger partial charge in [0.05, 0.1) is 25.1 Å². The largest absolute Gasteiger partial charge is 0.497 e. The van der Waals surface area contributed by atoms with Gasteiger partial charge in [-0.25, -0.2) is 17.8 Å². The van der Waals surface area contributed by atoms with Crippen LogP contribution in [-0.2, 0) is 10.0 Å². The molecule has 1 aliphatic heterocycles. The number of hydrogen-bond donors (Lipinski definition) is 2. The van der Waals surface area contributed by atoms with Gasteiger partial charge in [0, 0.05) is 23.8 Å². The number of benzene rings is 2. The molecule has 1 heterocycles. The predicted octanol–water partition coefficient (Wildman–Crippen LogP) is 4.11. The van der Waals surface area contributed by atoms with Crippen LogP contribution in [0.1, 0.15) is 19.8 Å². The summed E-state index contributed by atoms with van der Waals surface area (Å²) in [5.41, 5.74) is 1.23. The molecule has 2 N–H and O–H groups in total. The van der Waals surface area contributed by atoms with E-state index < -0.39 is 15.8 Å². The van der Waals surface area contributed by atoms with E-state index in [0.29, 0.717) is 0 Å². The van der Waals surface area contributed by atoms with E-state index in [4.69, 9.17) is 16.3 Å². The maximum atomic E-state index is 14.2. The zero-order valence-electron chi connectivity index (χ0n) is 18.3. The molecular weight excluding hydrogens is 455 g/mol. The molecule has 0 spiro atoms. The van der Waals surface area contributed by atoms with Gasteiger partial charge in [-0.15, -0.1) is 0 Å². The fourth-order valence-electron chi connectivity index (χ4n) is 3.72. The summed E-state index contributed by atoms with van der Waals surface area (Å²) < 4.78 is 45.4. The number of nitrogens with zero attached hydrogens (tertiary/aromatic N) is 2. The van der Waals surface area contributed by atoms with Crippen LogP contribution >= 0.6 is 11.6 Å². The Labute approximate surface area is 193 Å². The third-order valence-corrected chi connectivity index (χ3v) is 6.26. The van der Waals surface area contributed by atoms with Gasteiger partial charge >= 0.3 is 0 Å². The second-order valence-corrected chi connectivity index (χ2v) is 10.0. The molecule has 1 saturated heterocycles. The van der Waals surface area contributed by atoms with Crippen LogP contribution in [0.5, 0.6) is 5.75 Å². The first-order chi connectivity index (χ1) is 15.1. The normalized spacial score (nSPS) is 16.5.